The van der Waals surface area contributed by atoms with Crippen LogP contribution in [-0.4, -0.2) is 59.4 Å². The van der Waals surface area contributed by atoms with E-state index in [2.05, 4.69) is 5.32 Å². The molecule has 1 aliphatic heterocycles. The lowest BCUT2D eigenvalue weighted by molar-refractivity contribution is -0.153. The number of benzene rings is 1. The number of esters is 1. The van der Waals surface area contributed by atoms with Crippen LogP contribution >= 0.6 is 0 Å². The second-order valence-corrected chi connectivity index (χ2v) is 8.78. The molecule has 1 aliphatic carbocycles. The Bertz CT molecular complexity index is 899. The van der Waals surface area contributed by atoms with Crippen molar-refractivity contribution in [3.05, 3.63) is 34.9 Å². The molecule has 1 heterocycles. The minimum absolute atomic E-state index is 0.0131. The number of imide groups is 1. The number of hydrogen-bond acceptors (Lipinski definition) is 5. The summed E-state index contributed by atoms with van der Waals surface area (Å²) in [5.74, 6) is -1.50. The van der Waals surface area contributed by atoms with Crippen molar-refractivity contribution in [1.82, 2.24) is 15.1 Å². The monoisotopic (exact) mass is 429 g/mol. The largest absolute Gasteiger partial charge is 0.454 e. The molecule has 1 N–H and O–H groups in total. The molecule has 1 aromatic carbocycles. The maximum Gasteiger partial charge on any atom is 0.326 e. The molecule has 0 bridgehead atoms. The predicted molar refractivity (Wildman–Crippen MR) is 114 cm³/mol. The summed E-state index contributed by atoms with van der Waals surface area (Å²) in [5, 5.41) is 2.80. The average Bonchev–Trinajstić information content (AvgIpc) is 2.95. The van der Waals surface area contributed by atoms with Gasteiger partial charge in [0.25, 0.3) is 11.8 Å². The zero-order valence-corrected chi connectivity index (χ0v) is 18.7. The maximum absolute atomic E-state index is 12.9. The fourth-order valence-corrected chi connectivity index (χ4v) is 4.43. The Morgan fingerprint density at radius 2 is 2.00 bits per heavy atom. The second-order valence-electron chi connectivity index (χ2n) is 8.78. The first kappa shape index (κ1) is 22.8. The van der Waals surface area contributed by atoms with Gasteiger partial charge in [0.1, 0.15) is 12.1 Å². The smallest absolute Gasteiger partial charge is 0.326 e. The van der Waals surface area contributed by atoms with E-state index in [1.807, 2.05) is 39.0 Å². The molecule has 0 unspecified atom stereocenters. The normalized spacial score (nSPS) is 23.1. The van der Waals surface area contributed by atoms with E-state index < -0.39 is 30.7 Å². The van der Waals surface area contributed by atoms with Crippen LogP contribution in [0.1, 0.15) is 49.3 Å². The zero-order valence-electron chi connectivity index (χ0n) is 18.7. The number of carbonyl (C=O) groups is 4. The highest BCUT2D eigenvalue weighted by Crippen LogP contribution is 2.38. The number of carbonyl (C=O) groups excluding carboxylic acids is 4. The van der Waals surface area contributed by atoms with Gasteiger partial charge in [-0.3, -0.25) is 19.3 Å². The summed E-state index contributed by atoms with van der Waals surface area (Å²) in [7, 11) is 1.64. The van der Waals surface area contributed by atoms with Gasteiger partial charge < -0.3 is 15.0 Å². The molecule has 8 heteroatoms. The van der Waals surface area contributed by atoms with E-state index in [9.17, 15) is 19.2 Å². The quantitative estimate of drug-likeness (QED) is 0.553. The summed E-state index contributed by atoms with van der Waals surface area (Å²) in [5.41, 5.74) is 2.33. The fourth-order valence-electron chi connectivity index (χ4n) is 4.43. The summed E-state index contributed by atoms with van der Waals surface area (Å²) in [6, 6.07) is 5.43. The molecule has 4 amide bonds. The minimum Gasteiger partial charge on any atom is -0.454 e. The van der Waals surface area contributed by atoms with Gasteiger partial charge in [-0.05, 0) is 43.7 Å². The van der Waals surface area contributed by atoms with Gasteiger partial charge in [0.05, 0.1) is 0 Å². The third kappa shape index (κ3) is 4.73. The second kappa shape index (κ2) is 9.08. The van der Waals surface area contributed by atoms with Gasteiger partial charge in [-0.1, -0.05) is 43.5 Å². The number of amides is 4. The first-order valence-corrected chi connectivity index (χ1v) is 10.7. The highest BCUT2D eigenvalue weighted by Gasteiger charge is 2.55. The molecule has 1 spiro atoms. The molecule has 1 saturated heterocycles. The van der Waals surface area contributed by atoms with Crippen molar-refractivity contribution in [1.29, 1.82) is 0 Å². The zero-order chi connectivity index (χ0) is 22.8. The van der Waals surface area contributed by atoms with Crippen LogP contribution in [0.5, 0.6) is 0 Å². The van der Waals surface area contributed by atoms with E-state index in [0.717, 1.165) is 40.9 Å². The number of likely N-dealkylation sites (N-methyl/N-ethyl adjacent to an activating group) is 1. The van der Waals surface area contributed by atoms with Crippen molar-refractivity contribution in [3.8, 4) is 0 Å². The lowest BCUT2D eigenvalue weighted by Gasteiger charge is -2.36. The van der Waals surface area contributed by atoms with Crippen LogP contribution in [-0.2, 0) is 25.7 Å². The third-order valence-corrected chi connectivity index (χ3v) is 6.48. The van der Waals surface area contributed by atoms with E-state index >= 15 is 0 Å². The summed E-state index contributed by atoms with van der Waals surface area (Å²) in [6.07, 6.45) is 3.30. The maximum atomic E-state index is 12.9. The van der Waals surface area contributed by atoms with Gasteiger partial charge in [-0.15, -0.1) is 0 Å². The van der Waals surface area contributed by atoms with E-state index in [1.54, 1.807) is 7.05 Å². The van der Waals surface area contributed by atoms with Crippen molar-refractivity contribution < 1.29 is 23.9 Å². The van der Waals surface area contributed by atoms with Crippen molar-refractivity contribution in [3.63, 3.8) is 0 Å². The van der Waals surface area contributed by atoms with Crippen LogP contribution in [0.15, 0.2) is 18.2 Å². The molecular formula is C23H31N3O5. The van der Waals surface area contributed by atoms with Crippen molar-refractivity contribution >= 4 is 23.8 Å². The molecule has 168 valence electrons. The van der Waals surface area contributed by atoms with Gasteiger partial charge in [-0.2, -0.15) is 0 Å². The molecule has 31 heavy (non-hydrogen) atoms. The Morgan fingerprint density at radius 1 is 1.26 bits per heavy atom. The highest BCUT2D eigenvalue weighted by atomic mass is 16.5. The number of hydrogen-bond donors (Lipinski definition) is 1. The van der Waals surface area contributed by atoms with Gasteiger partial charge >= 0.3 is 12.0 Å². The van der Waals surface area contributed by atoms with E-state index in [1.165, 1.54) is 4.90 Å². The molecule has 2 aliphatic rings. The lowest BCUT2D eigenvalue weighted by Crippen LogP contribution is -2.54. The fraction of sp³-hybridized carbons (Fsp3) is 0.565. The van der Waals surface area contributed by atoms with E-state index in [-0.39, 0.29) is 17.7 Å². The lowest BCUT2D eigenvalue weighted by atomic mass is 9.73. The predicted octanol–water partition coefficient (Wildman–Crippen LogP) is 2.31. The summed E-state index contributed by atoms with van der Waals surface area (Å²) in [6.45, 7) is 5.41. The summed E-state index contributed by atoms with van der Waals surface area (Å²) < 4.78 is 5.07. The Hall–Kier alpha value is -2.90. The highest BCUT2D eigenvalue weighted by molar-refractivity contribution is 6.09. The summed E-state index contributed by atoms with van der Waals surface area (Å²) >= 11 is 0. The van der Waals surface area contributed by atoms with Crippen molar-refractivity contribution in [2.75, 3.05) is 20.2 Å². The average molecular weight is 430 g/mol. The Balaban J connectivity index is 1.52. The summed E-state index contributed by atoms with van der Waals surface area (Å²) in [4.78, 5) is 52.3. The third-order valence-electron chi connectivity index (χ3n) is 6.48. The molecule has 0 aromatic heterocycles. The molecule has 2 atom stereocenters. The molecular weight excluding hydrogens is 398 g/mol. The minimum atomic E-state index is -0.919. The number of rotatable bonds is 6. The number of aryl methyl sites for hydroxylation is 2. The van der Waals surface area contributed by atoms with Gasteiger partial charge in [0.15, 0.2) is 6.61 Å². The van der Waals surface area contributed by atoms with Crippen molar-refractivity contribution in [2.24, 2.45) is 5.92 Å². The Kier molecular flexibility index (Phi) is 6.67. The molecule has 8 nitrogen and oxygen atoms in total. The van der Waals surface area contributed by atoms with Crippen LogP contribution in [0, 0.1) is 19.8 Å². The van der Waals surface area contributed by atoms with E-state index in [4.69, 9.17) is 4.74 Å². The Morgan fingerprint density at radius 3 is 2.68 bits per heavy atom. The molecule has 2 fully saturated rings. The standard InChI is InChI=1S/C23H31N3O5/c1-15-8-9-18(16(2)11-15)12-25(4)19(27)14-31-20(28)13-26-21(29)23(24-22(26)30)10-6-5-7-17(23)3/h8-9,11,17H,5-7,10,12-14H2,1-4H3,(H,24,30)/t17-,23+/m0/s1. The van der Waals surface area contributed by atoms with Crippen LogP contribution in [0.2, 0.25) is 0 Å². The SMILES string of the molecule is Cc1ccc(CN(C)C(=O)COC(=O)CN2C(=O)N[C@@]3(CCCC[C@@H]3C)C2=O)c(C)c1. The topological polar surface area (TPSA) is 96.0 Å². The van der Waals surface area contributed by atoms with Crippen LogP contribution in [0.25, 0.3) is 0 Å². The van der Waals surface area contributed by atoms with Crippen LogP contribution < -0.4 is 5.32 Å². The van der Waals surface area contributed by atoms with Crippen LogP contribution in [0.4, 0.5) is 4.79 Å². The van der Waals surface area contributed by atoms with Gasteiger partial charge in [0, 0.05) is 13.6 Å². The first-order valence-electron chi connectivity index (χ1n) is 10.7. The molecule has 1 saturated carbocycles. The number of nitrogens with one attached hydrogen (secondary N) is 1. The number of urea groups is 1. The van der Waals surface area contributed by atoms with Gasteiger partial charge in [-0.25, -0.2) is 4.79 Å². The molecule has 3 rings (SSSR count). The molecule has 0 radical (unpaired) electrons. The van der Waals surface area contributed by atoms with Crippen LogP contribution in [0.3, 0.4) is 0 Å². The van der Waals surface area contributed by atoms with Crippen molar-refractivity contribution in [2.45, 2.75) is 58.5 Å². The Labute approximate surface area is 182 Å². The molecule has 1 aromatic rings. The number of nitrogens with zero attached hydrogens (tertiary/aromatic N) is 2. The van der Waals surface area contributed by atoms with Gasteiger partial charge in [0.2, 0.25) is 0 Å². The number of ether oxygens (including phenoxy) is 1. The first-order chi connectivity index (χ1) is 14.6. The van der Waals surface area contributed by atoms with E-state index in [0.29, 0.717) is 13.0 Å².